The Labute approximate surface area is 172 Å². The molecule has 2 aromatic carbocycles. The third kappa shape index (κ3) is 5.52. The molecule has 2 N–H and O–H groups in total. The summed E-state index contributed by atoms with van der Waals surface area (Å²) in [6, 6.07) is 18.2. The second kappa shape index (κ2) is 10.3. The minimum absolute atomic E-state index is 0. The molecule has 140 valence electrons. The maximum Gasteiger partial charge on any atom is 0.191 e. The summed E-state index contributed by atoms with van der Waals surface area (Å²) in [5, 5.41) is 6.82. The number of benzene rings is 2. The molecule has 0 fully saturated rings. The normalized spacial score (nSPS) is 17.2. The standard InChI is InChI=1S/C20H25N3O2.HI/c1-15(25-16-8-4-3-5-9-16)14-22-20(21-2)23-18-12-13-24-19-11-7-6-10-17(18)19;/h3-11,15,18H,12-14H2,1-2H3,(H2,21,22,23);1H. The maximum atomic E-state index is 5.89. The Balaban J connectivity index is 0.00000243. The Morgan fingerprint density at radius 3 is 2.69 bits per heavy atom. The minimum Gasteiger partial charge on any atom is -0.493 e. The first-order chi connectivity index (χ1) is 12.3. The summed E-state index contributed by atoms with van der Waals surface area (Å²) in [4.78, 5) is 4.33. The fourth-order valence-electron chi connectivity index (χ4n) is 2.87. The third-order valence-corrected chi connectivity index (χ3v) is 4.13. The van der Waals surface area contributed by atoms with Crippen molar-refractivity contribution in [3.05, 3.63) is 60.2 Å². The average molecular weight is 467 g/mol. The Bertz CT molecular complexity index is 709. The number of ether oxygens (including phenoxy) is 2. The highest BCUT2D eigenvalue weighted by Gasteiger charge is 2.21. The number of guanidine groups is 1. The van der Waals surface area contributed by atoms with Gasteiger partial charge in [0.25, 0.3) is 0 Å². The molecule has 0 saturated heterocycles. The summed E-state index contributed by atoms with van der Waals surface area (Å²) >= 11 is 0. The van der Waals surface area contributed by atoms with Gasteiger partial charge in [0, 0.05) is 19.0 Å². The van der Waals surface area contributed by atoms with Crippen molar-refractivity contribution in [1.82, 2.24) is 10.6 Å². The van der Waals surface area contributed by atoms with Gasteiger partial charge < -0.3 is 20.1 Å². The molecule has 1 aliphatic rings. The van der Waals surface area contributed by atoms with E-state index in [9.17, 15) is 0 Å². The van der Waals surface area contributed by atoms with E-state index >= 15 is 0 Å². The first kappa shape index (κ1) is 20.4. The van der Waals surface area contributed by atoms with Crippen LogP contribution in [0.2, 0.25) is 0 Å². The van der Waals surface area contributed by atoms with E-state index in [-0.39, 0.29) is 36.1 Å². The molecule has 26 heavy (non-hydrogen) atoms. The Kier molecular flexibility index (Phi) is 8.03. The predicted octanol–water partition coefficient (Wildman–Crippen LogP) is 3.76. The van der Waals surface area contributed by atoms with Crippen LogP contribution in [-0.2, 0) is 0 Å². The van der Waals surface area contributed by atoms with Crippen LogP contribution in [0.5, 0.6) is 11.5 Å². The minimum atomic E-state index is 0. The summed E-state index contributed by atoms with van der Waals surface area (Å²) in [5.41, 5.74) is 1.17. The summed E-state index contributed by atoms with van der Waals surface area (Å²) in [6.07, 6.45) is 0.941. The van der Waals surface area contributed by atoms with E-state index in [4.69, 9.17) is 9.47 Å². The molecule has 2 atom stereocenters. The van der Waals surface area contributed by atoms with Gasteiger partial charge in [0.05, 0.1) is 19.2 Å². The number of nitrogens with one attached hydrogen (secondary N) is 2. The molecule has 0 saturated carbocycles. The van der Waals surface area contributed by atoms with Crippen molar-refractivity contribution in [1.29, 1.82) is 0 Å². The Morgan fingerprint density at radius 1 is 1.19 bits per heavy atom. The van der Waals surface area contributed by atoms with Gasteiger partial charge in [-0.3, -0.25) is 4.99 Å². The summed E-state index contributed by atoms with van der Waals surface area (Å²) in [6.45, 7) is 3.41. The molecule has 0 bridgehead atoms. The van der Waals surface area contributed by atoms with Crippen molar-refractivity contribution >= 4 is 29.9 Å². The van der Waals surface area contributed by atoms with Crippen LogP contribution in [0.3, 0.4) is 0 Å². The van der Waals surface area contributed by atoms with Crippen LogP contribution in [0.25, 0.3) is 0 Å². The number of hydrogen-bond donors (Lipinski definition) is 2. The van der Waals surface area contributed by atoms with Gasteiger partial charge in [0.15, 0.2) is 5.96 Å². The van der Waals surface area contributed by atoms with Crippen molar-refractivity contribution in [2.75, 3.05) is 20.2 Å². The monoisotopic (exact) mass is 467 g/mol. The average Bonchev–Trinajstić information content (AvgIpc) is 2.66. The number of nitrogens with zero attached hydrogens (tertiary/aromatic N) is 1. The second-order valence-corrected chi connectivity index (χ2v) is 6.07. The van der Waals surface area contributed by atoms with Gasteiger partial charge in [-0.25, -0.2) is 0 Å². The lowest BCUT2D eigenvalue weighted by Gasteiger charge is -2.28. The number of hydrogen-bond acceptors (Lipinski definition) is 3. The molecular formula is C20H26IN3O2. The molecule has 3 rings (SSSR count). The van der Waals surface area contributed by atoms with Gasteiger partial charge in [0.1, 0.15) is 17.6 Å². The molecule has 0 aliphatic carbocycles. The first-order valence-corrected chi connectivity index (χ1v) is 8.67. The van der Waals surface area contributed by atoms with E-state index in [0.29, 0.717) is 13.2 Å². The fraction of sp³-hybridized carbons (Fsp3) is 0.350. The highest BCUT2D eigenvalue weighted by atomic mass is 127. The molecule has 2 aromatic rings. The van der Waals surface area contributed by atoms with Gasteiger partial charge in [-0.15, -0.1) is 24.0 Å². The fourth-order valence-corrected chi connectivity index (χ4v) is 2.87. The van der Waals surface area contributed by atoms with Crippen LogP contribution in [0, 0.1) is 0 Å². The van der Waals surface area contributed by atoms with Crippen LogP contribution in [0.4, 0.5) is 0 Å². The zero-order valence-corrected chi connectivity index (χ0v) is 17.5. The van der Waals surface area contributed by atoms with Gasteiger partial charge in [-0.1, -0.05) is 36.4 Å². The lowest BCUT2D eigenvalue weighted by molar-refractivity contribution is 0.223. The van der Waals surface area contributed by atoms with Gasteiger partial charge in [0.2, 0.25) is 0 Å². The van der Waals surface area contributed by atoms with Crippen LogP contribution >= 0.6 is 24.0 Å². The Hall–Kier alpha value is -1.96. The largest absolute Gasteiger partial charge is 0.493 e. The Morgan fingerprint density at radius 2 is 1.92 bits per heavy atom. The second-order valence-electron chi connectivity index (χ2n) is 6.07. The van der Waals surface area contributed by atoms with E-state index in [0.717, 1.165) is 23.9 Å². The predicted molar refractivity (Wildman–Crippen MR) is 116 cm³/mol. The van der Waals surface area contributed by atoms with Gasteiger partial charge in [-0.2, -0.15) is 0 Å². The first-order valence-electron chi connectivity index (χ1n) is 8.67. The van der Waals surface area contributed by atoms with Crippen LogP contribution in [0.15, 0.2) is 59.6 Å². The highest BCUT2D eigenvalue weighted by molar-refractivity contribution is 14.0. The number of aliphatic imine (C=N–C) groups is 1. The van der Waals surface area contributed by atoms with E-state index < -0.39 is 0 Å². The zero-order valence-electron chi connectivity index (χ0n) is 15.1. The topological polar surface area (TPSA) is 54.9 Å². The molecule has 5 nitrogen and oxygen atoms in total. The molecule has 0 amide bonds. The molecule has 0 aromatic heterocycles. The lowest BCUT2D eigenvalue weighted by Crippen LogP contribution is -2.44. The van der Waals surface area contributed by atoms with E-state index in [1.54, 1.807) is 7.05 Å². The third-order valence-electron chi connectivity index (χ3n) is 4.13. The molecule has 0 spiro atoms. The number of rotatable bonds is 5. The van der Waals surface area contributed by atoms with Crippen LogP contribution in [-0.4, -0.2) is 32.3 Å². The number of fused-ring (bicyclic) bond motifs is 1. The molecule has 1 aliphatic heterocycles. The summed E-state index contributed by atoms with van der Waals surface area (Å²) in [5.74, 6) is 2.59. The van der Waals surface area contributed by atoms with Gasteiger partial charge >= 0.3 is 0 Å². The van der Waals surface area contributed by atoms with Crippen molar-refractivity contribution in [2.45, 2.75) is 25.5 Å². The smallest absolute Gasteiger partial charge is 0.191 e. The zero-order chi connectivity index (χ0) is 17.5. The van der Waals surface area contributed by atoms with Crippen molar-refractivity contribution < 1.29 is 9.47 Å². The van der Waals surface area contributed by atoms with Crippen molar-refractivity contribution in [2.24, 2.45) is 4.99 Å². The van der Waals surface area contributed by atoms with E-state index in [2.05, 4.69) is 21.7 Å². The van der Waals surface area contributed by atoms with Crippen LogP contribution in [0.1, 0.15) is 24.9 Å². The SMILES string of the molecule is CN=C(NCC(C)Oc1ccccc1)NC1CCOc2ccccc21.I. The molecule has 1 heterocycles. The summed E-state index contributed by atoms with van der Waals surface area (Å²) in [7, 11) is 1.78. The number of halogens is 1. The van der Waals surface area contributed by atoms with Gasteiger partial charge in [-0.05, 0) is 25.1 Å². The van der Waals surface area contributed by atoms with E-state index in [1.807, 2.05) is 55.5 Å². The summed E-state index contributed by atoms with van der Waals surface area (Å²) < 4.78 is 11.6. The lowest BCUT2D eigenvalue weighted by atomic mass is 10.0. The molecule has 2 unspecified atom stereocenters. The van der Waals surface area contributed by atoms with E-state index in [1.165, 1.54) is 5.56 Å². The quantitative estimate of drug-likeness (QED) is 0.400. The number of para-hydroxylation sites is 2. The van der Waals surface area contributed by atoms with Crippen molar-refractivity contribution in [3.63, 3.8) is 0 Å². The highest BCUT2D eigenvalue weighted by Crippen LogP contribution is 2.31. The maximum absolute atomic E-state index is 5.89. The molecule has 6 heteroatoms. The van der Waals surface area contributed by atoms with Crippen molar-refractivity contribution in [3.8, 4) is 11.5 Å². The van der Waals surface area contributed by atoms with Crippen LogP contribution < -0.4 is 20.1 Å². The molecular weight excluding hydrogens is 441 g/mol. The molecule has 0 radical (unpaired) electrons.